The van der Waals surface area contributed by atoms with E-state index in [1.165, 1.54) is 15.2 Å². The van der Waals surface area contributed by atoms with E-state index in [4.69, 9.17) is 4.74 Å². The highest BCUT2D eigenvalue weighted by molar-refractivity contribution is 7.99. The van der Waals surface area contributed by atoms with Gasteiger partial charge in [0.25, 0.3) is 0 Å². The van der Waals surface area contributed by atoms with E-state index in [9.17, 15) is 4.79 Å². The molecule has 3 aromatic rings. The van der Waals surface area contributed by atoms with Gasteiger partial charge in [0.1, 0.15) is 11.4 Å². The quantitative estimate of drug-likeness (QED) is 0.469. The van der Waals surface area contributed by atoms with E-state index < -0.39 is 0 Å². The molecule has 2 heterocycles. The Morgan fingerprint density at radius 2 is 2.11 bits per heavy atom. The van der Waals surface area contributed by atoms with Crippen molar-refractivity contribution < 1.29 is 9.53 Å². The molecule has 0 spiro atoms. The second-order valence-corrected chi connectivity index (χ2v) is 9.20. The smallest absolute Gasteiger partial charge is 0.211 e. The number of nitrogens with one attached hydrogen (secondary N) is 1. The number of hydrogen-bond acceptors (Lipinski definition) is 5. The summed E-state index contributed by atoms with van der Waals surface area (Å²) in [5, 5.41) is 2.87. The first kappa shape index (κ1) is 18.3. The predicted molar refractivity (Wildman–Crippen MR) is 113 cm³/mol. The summed E-state index contributed by atoms with van der Waals surface area (Å²) in [6, 6.07) is 6.33. The fourth-order valence-corrected chi connectivity index (χ4v) is 5.62. The number of fused-ring (bicyclic) bond motifs is 2. The van der Waals surface area contributed by atoms with Crippen LogP contribution < -0.4 is 10.1 Å². The van der Waals surface area contributed by atoms with Crippen LogP contribution in [0.3, 0.4) is 0 Å². The molecule has 0 bridgehead atoms. The van der Waals surface area contributed by atoms with E-state index in [1.54, 1.807) is 23.1 Å². The Bertz CT molecular complexity index is 1040. The number of carbonyl (C=O) groups is 1. The number of anilines is 1. The maximum absolute atomic E-state index is 11.0. The van der Waals surface area contributed by atoms with Crippen LogP contribution in [0, 0.1) is 20.8 Å². The Hall–Kier alpha value is -2.05. The van der Waals surface area contributed by atoms with Crippen LogP contribution in [0.25, 0.3) is 10.2 Å². The standard InChI is InChI=1S/C21H22N2O2S2/c1-12-13(2)20-15(14(3)18(12)22-10-24)8-21(4,25-20)9-26-16-6-5-7-17-19(16)23-11-27-17/h5-7,10-11H,8-9H2,1-4H3,(H,22,24). The number of para-hydroxylation sites is 1. The molecule has 2 aromatic carbocycles. The summed E-state index contributed by atoms with van der Waals surface area (Å²) in [5.74, 6) is 1.82. The molecule has 4 nitrogen and oxygen atoms in total. The molecule has 0 radical (unpaired) electrons. The number of thioether (sulfide) groups is 1. The Labute approximate surface area is 167 Å². The molecule has 140 valence electrons. The molecule has 1 unspecified atom stereocenters. The second kappa shape index (κ2) is 6.84. The Balaban J connectivity index is 1.61. The molecule has 1 aliphatic rings. The predicted octanol–water partition coefficient (Wildman–Crippen LogP) is 5.28. The van der Waals surface area contributed by atoms with Gasteiger partial charge in [-0.3, -0.25) is 4.79 Å². The number of amides is 1. The summed E-state index contributed by atoms with van der Waals surface area (Å²) < 4.78 is 7.70. The summed E-state index contributed by atoms with van der Waals surface area (Å²) in [7, 11) is 0. The maximum Gasteiger partial charge on any atom is 0.211 e. The molecule has 0 saturated carbocycles. The minimum Gasteiger partial charge on any atom is -0.486 e. The minimum absolute atomic E-state index is 0.285. The average Bonchev–Trinajstić information content (AvgIpc) is 3.27. The van der Waals surface area contributed by atoms with E-state index in [-0.39, 0.29) is 5.60 Å². The molecule has 1 aliphatic heterocycles. The Morgan fingerprint density at radius 3 is 2.89 bits per heavy atom. The summed E-state index contributed by atoms with van der Waals surface area (Å²) in [6.07, 6.45) is 1.59. The average molecular weight is 399 g/mol. The number of hydrogen-bond donors (Lipinski definition) is 1. The van der Waals surface area contributed by atoms with Crippen LogP contribution in [0.15, 0.2) is 28.6 Å². The van der Waals surface area contributed by atoms with Crippen LogP contribution in [-0.2, 0) is 11.2 Å². The van der Waals surface area contributed by atoms with Crippen molar-refractivity contribution in [3.05, 3.63) is 46.0 Å². The number of rotatable bonds is 5. The lowest BCUT2D eigenvalue weighted by Gasteiger charge is -2.24. The third-order valence-corrected chi connectivity index (χ3v) is 7.53. The molecular formula is C21H22N2O2S2. The molecule has 0 saturated heterocycles. The van der Waals surface area contributed by atoms with Crippen molar-refractivity contribution in [2.24, 2.45) is 0 Å². The van der Waals surface area contributed by atoms with E-state index >= 15 is 0 Å². The molecule has 4 rings (SSSR count). The monoisotopic (exact) mass is 398 g/mol. The summed E-state index contributed by atoms with van der Waals surface area (Å²) in [5.41, 5.74) is 8.09. The topological polar surface area (TPSA) is 51.2 Å². The summed E-state index contributed by atoms with van der Waals surface area (Å²) in [4.78, 5) is 16.7. The maximum atomic E-state index is 11.0. The van der Waals surface area contributed by atoms with Crippen molar-refractivity contribution in [1.29, 1.82) is 0 Å². The highest BCUT2D eigenvalue weighted by Gasteiger charge is 2.38. The fraction of sp³-hybridized carbons (Fsp3) is 0.333. The van der Waals surface area contributed by atoms with E-state index in [2.05, 4.69) is 49.3 Å². The van der Waals surface area contributed by atoms with Gasteiger partial charge >= 0.3 is 0 Å². The molecule has 1 N–H and O–H groups in total. The highest BCUT2D eigenvalue weighted by Crippen LogP contribution is 2.46. The zero-order valence-corrected chi connectivity index (χ0v) is 17.5. The second-order valence-electron chi connectivity index (χ2n) is 7.29. The number of thiazole rings is 1. The van der Waals surface area contributed by atoms with Gasteiger partial charge in [-0.2, -0.15) is 0 Å². The number of ether oxygens (including phenoxy) is 1. The van der Waals surface area contributed by atoms with Crippen LogP contribution in [-0.4, -0.2) is 22.7 Å². The first-order valence-corrected chi connectivity index (χ1v) is 10.8. The van der Waals surface area contributed by atoms with Crippen LogP contribution in [0.1, 0.15) is 29.2 Å². The van der Waals surface area contributed by atoms with Gasteiger partial charge in [0.05, 0.1) is 15.7 Å². The Kier molecular flexibility index (Phi) is 4.64. The molecule has 1 atom stereocenters. The van der Waals surface area contributed by atoms with Crippen molar-refractivity contribution >= 4 is 45.4 Å². The van der Waals surface area contributed by atoms with Crippen LogP contribution in [0.2, 0.25) is 0 Å². The molecule has 6 heteroatoms. The van der Waals surface area contributed by atoms with Gasteiger partial charge < -0.3 is 10.1 Å². The molecule has 1 amide bonds. The van der Waals surface area contributed by atoms with Crippen molar-refractivity contribution in [2.45, 2.75) is 44.6 Å². The van der Waals surface area contributed by atoms with Gasteiger partial charge in [-0.25, -0.2) is 4.98 Å². The lowest BCUT2D eigenvalue weighted by atomic mass is 9.92. The first-order chi connectivity index (χ1) is 12.9. The normalized spacial score (nSPS) is 18.4. The van der Waals surface area contributed by atoms with Gasteiger partial charge in [-0.15, -0.1) is 23.1 Å². The van der Waals surface area contributed by atoms with Crippen LogP contribution >= 0.6 is 23.1 Å². The van der Waals surface area contributed by atoms with Gasteiger partial charge in [0.15, 0.2) is 0 Å². The molecular weight excluding hydrogens is 376 g/mol. The molecule has 27 heavy (non-hydrogen) atoms. The summed E-state index contributed by atoms with van der Waals surface area (Å²) in [6.45, 7) is 8.33. The lowest BCUT2D eigenvalue weighted by Crippen LogP contribution is -2.33. The van der Waals surface area contributed by atoms with Gasteiger partial charge in [-0.1, -0.05) is 6.07 Å². The molecule has 0 aliphatic carbocycles. The van der Waals surface area contributed by atoms with E-state index in [0.717, 1.165) is 52.2 Å². The number of carbonyl (C=O) groups excluding carboxylic acids is 1. The van der Waals surface area contributed by atoms with Crippen molar-refractivity contribution in [2.75, 3.05) is 11.1 Å². The molecule has 1 aromatic heterocycles. The van der Waals surface area contributed by atoms with Crippen LogP contribution in [0.5, 0.6) is 5.75 Å². The van der Waals surface area contributed by atoms with Crippen LogP contribution in [0.4, 0.5) is 5.69 Å². The fourth-order valence-electron chi connectivity index (χ4n) is 3.76. The highest BCUT2D eigenvalue weighted by atomic mass is 32.2. The van der Waals surface area contributed by atoms with Gasteiger partial charge in [-0.05, 0) is 56.5 Å². The largest absolute Gasteiger partial charge is 0.486 e. The summed E-state index contributed by atoms with van der Waals surface area (Å²) >= 11 is 3.47. The number of benzene rings is 2. The third-order valence-electron chi connectivity index (χ3n) is 5.34. The molecule has 0 fully saturated rings. The van der Waals surface area contributed by atoms with E-state index in [1.807, 2.05) is 12.4 Å². The van der Waals surface area contributed by atoms with Gasteiger partial charge in [0, 0.05) is 28.3 Å². The van der Waals surface area contributed by atoms with Gasteiger partial charge in [0.2, 0.25) is 6.41 Å². The van der Waals surface area contributed by atoms with E-state index in [0.29, 0.717) is 0 Å². The first-order valence-electron chi connectivity index (χ1n) is 8.90. The zero-order valence-electron chi connectivity index (χ0n) is 15.9. The van der Waals surface area contributed by atoms with Crippen molar-refractivity contribution in [1.82, 2.24) is 4.98 Å². The SMILES string of the molecule is Cc1c(C)c2c(c(C)c1NC=O)CC(C)(CSc1cccc3scnc13)O2. The number of aromatic nitrogens is 1. The minimum atomic E-state index is -0.285. The van der Waals surface area contributed by atoms with Crippen molar-refractivity contribution in [3.8, 4) is 5.75 Å². The lowest BCUT2D eigenvalue weighted by molar-refractivity contribution is -0.105. The van der Waals surface area contributed by atoms with Crippen molar-refractivity contribution in [3.63, 3.8) is 0 Å². The third kappa shape index (κ3) is 3.11. The number of nitrogens with zero attached hydrogens (tertiary/aromatic N) is 1. The Morgan fingerprint density at radius 1 is 1.30 bits per heavy atom. The zero-order chi connectivity index (χ0) is 19.2.